The molecule has 0 radical (unpaired) electrons. The van der Waals surface area contributed by atoms with Crippen LogP contribution in [0.1, 0.15) is 6.92 Å². The average molecular weight is 220 g/mol. The Bertz CT molecular complexity index is 353. The number of nitrogens with one attached hydrogen (secondary N) is 1. The maximum absolute atomic E-state index is 4.24. The highest BCUT2D eigenvalue weighted by Gasteiger charge is 2.21. The van der Waals surface area contributed by atoms with Crippen molar-refractivity contribution in [2.24, 2.45) is 0 Å². The van der Waals surface area contributed by atoms with Crippen LogP contribution >= 0.6 is 0 Å². The minimum atomic E-state index is 0.561. The van der Waals surface area contributed by atoms with Gasteiger partial charge in [0.15, 0.2) is 0 Å². The SMILES string of the molecule is CNc1cc(N2CCN(C)CC2C)ccn1. The molecule has 0 spiro atoms. The molecule has 0 aromatic carbocycles. The lowest BCUT2D eigenvalue weighted by Gasteiger charge is -2.39. The highest BCUT2D eigenvalue weighted by Crippen LogP contribution is 2.21. The van der Waals surface area contributed by atoms with Crippen LogP contribution in [0.5, 0.6) is 0 Å². The fraction of sp³-hybridized carbons (Fsp3) is 0.583. The molecule has 4 heteroatoms. The van der Waals surface area contributed by atoms with Gasteiger partial charge in [-0.25, -0.2) is 4.98 Å². The number of anilines is 2. The van der Waals surface area contributed by atoms with Crippen LogP contribution in [0.25, 0.3) is 0 Å². The second kappa shape index (κ2) is 4.70. The quantitative estimate of drug-likeness (QED) is 0.813. The Morgan fingerprint density at radius 3 is 2.94 bits per heavy atom. The van der Waals surface area contributed by atoms with Gasteiger partial charge in [-0.05, 0) is 20.0 Å². The number of aromatic nitrogens is 1. The van der Waals surface area contributed by atoms with Gasteiger partial charge in [0.2, 0.25) is 0 Å². The third-order valence-electron chi connectivity index (χ3n) is 3.16. The summed E-state index contributed by atoms with van der Waals surface area (Å²) in [6, 6.07) is 4.76. The summed E-state index contributed by atoms with van der Waals surface area (Å²) in [7, 11) is 4.08. The predicted molar refractivity (Wildman–Crippen MR) is 68.1 cm³/mol. The Kier molecular flexibility index (Phi) is 3.29. The lowest BCUT2D eigenvalue weighted by molar-refractivity contribution is 0.275. The molecule has 2 rings (SSSR count). The molecule has 1 unspecified atom stereocenters. The number of hydrogen-bond donors (Lipinski definition) is 1. The van der Waals surface area contributed by atoms with Gasteiger partial charge in [0, 0.05) is 50.7 Å². The monoisotopic (exact) mass is 220 g/mol. The zero-order chi connectivity index (χ0) is 11.5. The zero-order valence-corrected chi connectivity index (χ0v) is 10.3. The summed E-state index contributed by atoms with van der Waals surface area (Å²) >= 11 is 0. The first-order chi connectivity index (χ1) is 7.70. The maximum atomic E-state index is 4.24. The Morgan fingerprint density at radius 1 is 1.44 bits per heavy atom. The molecular formula is C12H20N4. The lowest BCUT2D eigenvalue weighted by atomic mass is 10.1. The summed E-state index contributed by atoms with van der Waals surface area (Å²) in [6.45, 7) is 5.61. The lowest BCUT2D eigenvalue weighted by Crippen LogP contribution is -2.50. The van der Waals surface area contributed by atoms with E-state index in [1.165, 1.54) is 5.69 Å². The van der Waals surface area contributed by atoms with E-state index in [1.54, 1.807) is 0 Å². The van der Waals surface area contributed by atoms with E-state index in [1.807, 2.05) is 13.2 Å². The standard InChI is InChI=1S/C12H20N4/c1-10-9-15(3)6-7-16(10)11-4-5-14-12(8-11)13-2/h4-5,8,10H,6-7,9H2,1-3H3,(H,13,14). The van der Waals surface area contributed by atoms with Gasteiger partial charge >= 0.3 is 0 Å². The second-order valence-corrected chi connectivity index (χ2v) is 4.45. The molecule has 0 aliphatic carbocycles. The van der Waals surface area contributed by atoms with Gasteiger partial charge in [-0.3, -0.25) is 0 Å². The van der Waals surface area contributed by atoms with E-state index in [2.05, 4.69) is 46.2 Å². The Morgan fingerprint density at radius 2 is 2.25 bits per heavy atom. The van der Waals surface area contributed by atoms with Crippen molar-refractivity contribution < 1.29 is 0 Å². The first kappa shape index (κ1) is 11.2. The molecule has 1 aliphatic rings. The molecule has 88 valence electrons. The van der Waals surface area contributed by atoms with Crippen LogP contribution in [-0.2, 0) is 0 Å². The van der Waals surface area contributed by atoms with E-state index in [4.69, 9.17) is 0 Å². The maximum Gasteiger partial charge on any atom is 0.127 e. The van der Waals surface area contributed by atoms with Crippen molar-refractivity contribution >= 4 is 11.5 Å². The topological polar surface area (TPSA) is 31.4 Å². The van der Waals surface area contributed by atoms with E-state index < -0.39 is 0 Å². The van der Waals surface area contributed by atoms with E-state index >= 15 is 0 Å². The van der Waals surface area contributed by atoms with Crippen molar-refractivity contribution in [1.82, 2.24) is 9.88 Å². The summed E-state index contributed by atoms with van der Waals surface area (Å²) in [5.41, 5.74) is 1.26. The molecule has 0 saturated carbocycles. The van der Waals surface area contributed by atoms with Crippen LogP contribution in [0.3, 0.4) is 0 Å². The number of likely N-dealkylation sites (N-methyl/N-ethyl adjacent to an activating group) is 1. The minimum absolute atomic E-state index is 0.561. The van der Waals surface area contributed by atoms with E-state index in [0.717, 1.165) is 25.5 Å². The molecule has 1 aliphatic heterocycles. The Balaban J connectivity index is 2.16. The molecule has 1 aromatic rings. The number of rotatable bonds is 2. The molecule has 0 amide bonds. The summed E-state index contributed by atoms with van der Waals surface area (Å²) in [4.78, 5) is 9.07. The summed E-state index contributed by atoms with van der Waals surface area (Å²) in [5.74, 6) is 0.934. The molecule has 1 saturated heterocycles. The van der Waals surface area contributed by atoms with Gasteiger partial charge in [-0.2, -0.15) is 0 Å². The van der Waals surface area contributed by atoms with Gasteiger partial charge in [0.05, 0.1) is 0 Å². The molecule has 1 atom stereocenters. The molecule has 1 fully saturated rings. The number of nitrogens with zero attached hydrogens (tertiary/aromatic N) is 3. The van der Waals surface area contributed by atoms with Crippen LogP contribution in [0.4, 0.5) is 11.5 Å². The largest absolute Gasteiger partial charge is 0.373 e. The second-order valence-electron chi connectivity index (χ2n) is 4.45. The minimum Gasteiger partial charge on any atom is -0.373 e. The van der Waals surface area contributed by atoms with Crippen molar-refractivity contribution in [2.45, 2.75) is 13.0 Å². The third-order valence-corrected chi connectivity index (χ3v) is 3.16. The fourth-order valence-corrected chi connectivity index (χ4v) is 2.26. The molecule has 0 bridgehead atoms. The highest BCUT2D eigenvalue weighted by atomic mass is 15.3. The Labute approximate surface area is 97.3 Å². The van der Waals surface area contributed by atoms with E-state index in [9.17, 15) is 0 Å². The van der Waals surface area contributed by atoms with Gasteiger partial charge in [-0.15, -0.1) is 0 Å². The first-order valence-electron chi connectivity index (χ1n) is 5.79. The van der Waals surface area contributed by atoms with Gasteiger partial charge in [0.1, 0.15) is 5.82 Å². The highest BCUT2D eigenvalue weighted by molar-refractivity contribution is 5.54. The predicted octanol–water partition coefficient (Wildman–Crippen LogP) is 1.26. The summed E-state index contributed by atoms with van der Waals surface area (Å²) in [5, 5.41) is 3.08. The van der Waals surface area contributed by atoms with Gasteiger partial charge in [-0.1, -0.05) is 0 Å². The van der Waals surface area contributed by atoms with Crippen LogP contribution in [-0.4, -0.2) is 49.7 Å². The number of pyridine rings is 1. The Hall–Kier alpha value is -1.29. The molecule has 16 heavy (non-hydrogen) atoms. The van der Waals surface area contributed by atoms with Crippen molar-refractivity contribution in [3.05, 3.63) is 18.3 Å². The molecule has 4 nitrogen and oxygen atoms in total. The molecule has 1 aromatic heterocycles. The third kappa shape index (κ3) is 2.27. The molecular weight excluding hydrogens is 200 g/mol. The normalized spacial score (nSPS) is 22.2. The van der Waals surface area contributed by atoms with Crippen molar-refractivity contribution in [3.63, 3.8) is 0 Å². The van der Waals surface area contributed by atoms with Gasteiger partial charge < -0.3 is 15.1 Å². The smallest absolute Gasteiger partial charge is 0.127 e. The average Bonchev–Trinajstić information content (AvgIpc) is 2.29. The molecule has 2 heterocycles. The van der Waals surface area contributed by atoms with Crippen molar-refractivity contribution in [3.8, 4) is 0 Å². The van der Waals surface area contributed by atoms with Crippen molar-refractivity contribution in [2.75, 3.05) is 43.9 Å². The van der Waals surface area contributed by atoms with Crippen molar-refractivity contribution in [1.29, 1.82) is 0 Å². The summed E-state index contributed by atoms with van der Waals surface area (Å²) in [6.07, 6.45) is 1.87. The van der Waals surface area contributed by atoms with E-state index in [-0.39, 0.29) is 0 Å². The van der Waals surface area contributed by atoms with Crippen LogP contribution in [0, 0.1) is 0 Å². The van der Waals surface area contributed by atoms with Crippen LogP contribution < -0.4 is 10.2 Å². The van der Waals surface area contributed by atoms with Crippen LogP contribution in [0.15, 0.2) is 18.3 Å². The van der Waals surface area contributed by atoms with Crippen LogP contribution in [0.2, 0.25) is 0 Å². The number of piperazine rings is 1. The first-order valence-corrected chi connectivity index (χ1v) is 5.79. The fourth-order valence-electron chi connectivity index (χ4n) is 2.26. The van der Waals surface area contributed by atoms with Gasteiger partial charge in [0.25, 0.3) is 0 Å². The molecule has 1 N–H and O–H groups in total. The van der Waals surface area contributed by atoms with E-state index in [0.29, 0.717) is 6.04 Å². The number of hydrogen-bond acceptors (Lipinski definition) is 4. The zero-order valence-electron chi connectivity index (χ0n) is 10.3. The summed E-state index contributed by atoms with van der Waals surface area (Å²) < 4.78 is 0.